The first-order valence-electron chi connectivity index (χ1n) is 11.4. The minimum absolute atomic E-state index is 0.117. The van der Waals surface area contributed by atoms with E-state index in [1.807, 2.05) is 0 Å². The molecule has 2 N–H and O–H groups in total. The van der Waals surface area contributed by atoms with Crippen LogP contribution in [0.25, 0.3) is 0 Å². The first-order valence-corrected chi connectivity index (χ1v) is 11.8. The highest BCUT2D eigenvalue weighted by molar-refractivity contribution is 6.34. The number of nitrogens with zero attached hydrogens (tertiary/aromatic N) is 1. The van der Waals surface area contributed by atoms with Crippen LogP contribution in [0.3, 0.4) is 0 Å². The molecule has 3 amide bonds. The van der Waals surface area contributed by atoms with Crippen LogP contribution >= 0.6 is 11.6 Å². The van der Waals surface area contributed by atoms with Gasteiger partial charge < -0.3 is 15.5 Å². The minimum Gasteiger partial charge on any atom is -0.352 e. The summed E-state index contributed by atoms with van der Waals surface area (Å²) in [6.07, 6.45) is -4.46. The molecule has 37 heavy (non-hydrogen) atoms. The first kappa shape index (κ1) is 26.2. The molecular weight excluding hydrogens is 507 g/mol. The van der Waals surface area contributed by atoms with E-state index in [4.69, 9.17) is 11.6 Å². The largest absolute Gasteiger partial charge is 0.416 e. The van der Waals surface area contributed by atoms with E-state index in [1.54, 1.807) is 44.2 Å². The van der Waals surface area contributed by atoms with E-state index in [1.165, 1.54) is 23.1 Å². The molecule has 6 nitrogen and oxygen atoms in total. The van der Waals surface area contributed by atoms with Crippen molar-refractivity contribution in [1.29, 1.82) is 0 Å². The summed E-state index contributed by atoms with van der Waals surface area (Å²) in [5.74, 6) is -1.17. The van der Waals surface area contributed by atoms with Crippen molar-refractivity contribution in [2.45, 2.75) is 33.1 Å². The van der Waals surface area contributed by atoms with E-state index in [-0.39, 0.29) is 41.4 Å². The van der Waals surface area contributed by atoms with Crippen molar-refractivity contribution in [3.8, 4) is 0 Å². The van der Waals surface area contributed by atoms with Crippen molar-refractivity contribution in [2.75, 3.05) is 10.2 Å². The Balaban J connectivity index is 1.48. The summed E-state index contributed by atoms with van der Waals surface area (Å²) in [6.45, 7) is 3.99. The van der Waals surface area contributed by atoms with Gasteiger partial charge in [0.25, 0.3) is 11.8 Å². The summed E-state index contributed by atoms with van der Waals surface area (Å²) in [6, 6.07) is 14.1. The van der Waals surface area contributed by atoms with E-state index in [9.17, 15) is 27.6 Å². The highest BCUT2D eigenvalue weighted by atomic mass is 35.5. The van der Waals surface area contributed by atoms with Crippen LogP contribution in [0, 0.1) is 5.92 Å². The highest BCUT2D eigenvalue weighted by Gasteiger charge is 2.32. The zero-order valence-corrected chi connectivity index (χ0v) is 20.7. The third-order valence-electron chi connectivity index (χ3n) is 5.94. The van der Waals surface area contributed by atoms with Crippen LogP contribution in [0.2, 0.25) is 5.02 Å². The molecule has 0 aliphatic carbocycles. The summed E-state index contributed by atoms with van der Waals surface area (Å²) in [5, 5.41) is 5.74. The molecule has 0 saturated heterocycles. The van der Waals surface area contributed by atoms with Crippen molar-refractivity contribution in [3.63, 3.8) is 0 Å². The van der Waals surface area contributed by atoms with Crippen LogP contribution in [0.5, 0.6) is 0 Å². The molecule has 1 heterocycles. The minimum atomic E-state index is -4.46. The molecule has 3 aromatic carbocycles. The molecule has 3 aromatic rings. The van der Waals surface area contributed by atoms with E-state index in [0.717, 1.165) is 12.1 Å². The van der Waals surface area contributed by atoms with Gasteiger partial charge in [0.05, 0.1) is 22.7 Å². The number of amides is 3. The molecule has 10 heteroatoms. The molecule has 0 aromatic heterocycles. The van der Waals surface area contributed by atoms with Gasteiger partial charge in [-0.05, 0) is 59.7 Å². The number of hydrogen-bond acceptors (Lipinski definition) is 3. The lowest BCUT2D eigenvalue weighted by atomic mass is 10.1. The number of alkyl halides is 3. The SMILES string of the molecule is CC(C)C(=O)NCc1ccc(Cl)c(C(=O)Nc2ccc3c(c2)C(=O)N(c2ccc(C(F)(F)F)cc2)C3)c1. The maximum Gasteiger partial charge on any atom is 0.416 e. The van der Waals surface area contributed by atoms with Crippen molar-refractivity contribution >= 4 is 40.7 Å². The second-order valence-corrected chi connectivity index (χ2v) is 9.36. The average Bonchev–Trinajstić information content (AvgIpc) is 3.18. The van der Waals surface area contributed by atoms with Gasteiger partial charge in [-0.25, -0.2) is 0 Å². The Morgan fingerprint density at radius 2 is 1.73 bits per heavy atom. The Kier molecular flexibility index (Phi) is 7.27. The third kappa shape index (κ3) is 5.77. The molecule has 0 bridgehead atoms. The lowest BCUT2D eigenvalue weighted by Gasteiger charge is -2.16. The number of anilines is 2. The second kappa shape index (κ2) is 10.3. The summed E-state index contributed by atoms with van der Waals surface area (Å²) in [4.78, 5) is 39.2. The number of carbonyl (C=O) groups excluding carboxylic acids is 3. The Morgan fingerprint density at radius 3 is 2.38 bits per heavy atom. The van der Waals surface area contributed by atoms with Gasteiger partial charge in [0.2, 0.25) is 5.91 Å². The van der Waals surface area contributed by atoms with Gasteiger partial charge >= 0.3 is 6.18 Å². The summed E-state index contributed by atoms with van der Waals surface area (Å²) < 4.78 is 38.6. The predicted molar refractivity (Wildman–Crippen MR) is 134 cm³/mol. The lowest BCUT2D eigenvalue weighted by molar-refractivity contribution is -0.137. The van der Waals surface area contributed by atoms with Crippen molar-refractivity contribution < 1.29 is 27.6 Å². The van der Waals surface area contributed by atoms with Crippen molar-refractivity contribution in [2.24, 2.45) is 5.92 Å². The number of benzene rings is 3. The van der Waals surface area contributed by atoms with E-state index >= 15 is 0 Å². The molecule has 0 spiro atoms. The molecule has 1 aliphatic rings. The Hall–Kier alpha value is -3.85. The van der Waals surface area contributed by atoms with Crippen LogP contribution in [0.15, 0.2) is 60.7 Å². The first-order chi connectivity index (χ1) is 17.4. The zero-order chi connectivity index (χ0) is 26.9. The number of fused-ring (bicyclic) bond motifs is 1. The number of halogens is 4. The zero-order valence-electron chi connectivity index (χ0n) is 19.9. The average molecular weight is 530 g/mol. The van der Waals surface area contributed by atoms with Crippen LogP contribution < -0.4 is 15.5 Å². The number of hydrogen-bond donors (Lipinski definition) is 2. The summed E-state index contributed by atoms with van der Waals surface area (Å²) in [5.41, 5.74) is 1.83. The molecule has 0 radical (unpaired) electrons. The van der Waals surface area contributed by atoms with Crippen LogP contribution in [0.1, 0.15) is 51.3 Å². The quantitative estimate of drug-likeness (QED) is 0.408. The number of rotatable bonds is 6. The van der Waals surface area contributed by atoms with Gasteiger partial charge in [-0.3, -0.25) is 14.4 Å². The Bertz CT molecular complexity index is 1370. The topological polar surface area (TPSA) is 78.5 Å². The Labute approximate surface area is 216 Å². The Morgan fingerprint density at radius 1 is 1.03 bits per heavy atom. The standard InChI is InChI=1S/C27H23ClF3N3O3/c1-15(2)24(35)32-13-16-3-10-23(28)22(11-16)25(36)33-19-7-4-17-14-34(26(37)21(17)12-19)20-8-5-18(6-9-20)27(29,30)31/h3-12,15H,13-14H2,1-2H3,(H,32,35)(H,33,36). The molecule has 192 valence electrons. The van der Waals surface area contributed by atoms with Gasteiger partial charge in [0.15, 0.2) is 0 Å². The van der Waals surface area contributed by atoms with Gasteiger partial charge in [0.1, 0.15) is 0 Å². The van der Waals surface area contributed by atoms with Crippen molar-refractivity contribution in [3.05, 3.63) is 93.5 Å². The fourth-order valence-electron chi connectivity index (χ4n) is 3.87. The van der Waals surface area contributed by atoms with Crippen LogP contribution in [-0.2, 0) is 24.1 Å². The monoisotopic (exact) mass is 529 g/mol. The second-order valence-electron chi connectivity index (χ2n) is 8.95. The molecule has 0 atom stereocenters. The fraction of sp³-hybridized carbons (Fsp3) is 0.222. The molecule has 0 saturated carbocycles. The maximum absolute atomic E-state index is 13.0. The van der Waals surface area contributed by atoms with Crippen LogP contribution in [-0.4, -0.2) is 17.7 Å². The molecular formula is C27H23ClF3N3O3. The van der Waals surface area contributed by atoms with Crippen LogP contribution in [0.4, 0.5) is 24.5 Å². The summed E-state index contributed by atoms with van der Waals surface area (Å²) >= 11 is 6.23. The number of carbonyl (C=O) groups is 3. The van der Waals surface area contributed by atoms with Gasteiger partial charge in [-0.15, -0.1) is 0 Å². The van der Waals surface area contributed by atoms with E-state index in [0.29, 0.717) is 28.1 Å². The van der Waals surface area contributed by atoms with Gasteiger partial charge in [-0.1, -0.05) is 37.6 Å². The fourth-order valence-corrected chi connectivity index (χ4v) is 4.07. The smallest absolute Gasteiger partial charge is 0.352 e. The molecule has 0 unspecified atom stereocenters. The normalized spacial score (nSPS) is 13.1. The molecule has 1 aliphatic heterocycles. The van der Waals surface area contributed by atoms with E-state index < -0.39 is 17.6 Å². The lowest BCUT2D eigenvalue weighted by Crippen LogP contribution is -2.27. The van der Waals surface area contributed by atoms with Gasteiger partial charge in [-0.2, -0.15) is 13.2 Å². The highest BCUT2D eigenvalue weighted by Crippen LogP contribution is 2.34. The predicted octanol–water partition coefficient (Wildman–Crippen LogP) is 6.04. The van der Waals surface area contributed by atoms with E-state index in [2.05, 4.69) is 10.6 Å². The molecule has 0 fully saturated rings. The number of nitrogens with one attached hydrogen (secondary N) is 2. The van der Waals surface area contributed by atoms with Crippen molar-refractivity contribution in [1.82, 2.24) is 5.32 Å². The molecule has 4 rings (SSSR count). The summed E-state index contributed by atoms with van der Waals surface area (Å²) in [7, 11) is 0. The third-order valence-corrected chi connectivity index (χ3v) is 6.27. The van der Waals surface area contributed by atoms with Gasteiger partial charge in [0, 0.05) is 29.4 Å². The maximum atomic E-state index is 13.0.